The molecule has 1 aromatic heterocycles. The maximum absolute atomic E-state index is 12.0. The number of rotatable bonds is 2. The highest BCUT2D eigenvalue weighted by Crippen LogP contribution is 2.30. The summed E-state index contributed by atoms with van der Waals surface area (Å²) in [4.78, 5) is 3.25. The Kier molecular flexibility index (Phi) is 3.36. The number of nitrogens with one attached hydrogen (secondary N) is 1. The molecule has 1 aromatic carbocycles. The Labute approximate surface area is 124 Å². The maximum atomic E-state index is 12.0. The molecule has 1 aliphatic rings. The number of H-pyrrole nitrogens is 1. The largest absolute Gasteiger partial charge is 0.361 e. The van der Waals surface area contributed by atoms with E-state index in [2.05, 4.69) is 23.0 Å². The van der Waals surface area contributed by atoms with Crippen molar-refractivity contribution in [2.75, 3.05) is 19.3 Å². The number of benzene rings is 1. The summed E-state index contributed by atoms with van der Waals surface area (Å²) >= 11 is 0. The van der Waals surface area contributed by atoms with Crippen LogP contribution in [0.25, 0.3) is 16.5 Å². The van der Waals surface area contributed by atoms with Gasteiger partial charge in [-0.1, -0.05) is 6.08 Å². The Morgan fingerprint density at radius 2 is 2.29 bits per heavy atom. The van der Waals surface area contributed by atoms with E-state index in [1.165, 1.54) is 5.57 Å². The topological polar surface area (TPSA) is 59.9 Å². The zero-order valence-electron chi connectivity index (χ0n) is 11.9. The minimum Gasteiger partial charge on any atom is -0.361 e. The van der Waals surface area contributed by atoms with E-state index in [4.69, 9.17) is 5.26 Å². The van der Waals surface area contributed by atoms with Crippen LogP contribution in [0.5, 0.6) is 0 Å². The van der Waals surface area contributed by atoms with Crippen molar-refractivity contribution >= 4 is 32.1 Å². The first kappa shape index (κ1) is 13.9. The lowest BCUT2D eigenvalue weighted by atomic mass is 9.99. The number of fused-ring (bicyclic) bond motifs is 1. The van der Waals surface area contributed by atoms with Gasteiger partial charge in [-0.05, 0) is 36.1 Å². The number of aromatic amines is 1. The zero-order valence-corrected chi connectivity index (χ0v) is 12.7. The lowest BCUT2D eigenvalue weighted by molar-refractivity contribution is 0.484. The molecule has 1 unspecified atom stereocenters. The lowest BCUT2D eigenvalue weighted by Gasteiger charge is -2.27. The molecule has 0 saturated heterocycles. The second-order valence-corrected chi connectivity index (χ2v) is 7.84. The highest BCUT2D eigenvalue weighted by Gasteiger charge is 2.18. The molecule has 2 heterocycles. The smallest absolute Gasteiger partial charge is 0.0991 e. The Bertz CT molecular complexity index is 869. The van der Waals surface area contributed by atoms with Gasteiger partial charge in [-0.3, -0.25) is 4.21 Å². The number of nitrogens with zero attached hydrogens (tertiary/aromatic N) is 2. The molecule has 0 fully saturated rings. The summed E-state index contributed by atoms with van der Waals surface area (Å²) in [5.41, 5.74) is 4.06. The third kappa shape index (κ3) is 2.60. The predicted octanol–water partition coefficient (Wildman–Crippen LogP) is 2.39. The summed E-state index contributed by atoms with van der Waals surface area (Å²) in [6.45, 7) is 1.40. The second-order valence-electron chi connectivity index (χ2n) is 5.40. The van der Waals surface area contributed by atoms with Crippen molar-refractivity contribution in [3.63, 3.8) is 0 Å². The van der Waals surface area contributed by atoms with Gasteiger partial charge in [0.05, 0.1) is 11.6 Å². The molecular weight excluding hydrogens is 282 g/mol. The van der Waals surface area contributed by atoms with Crippen LogP contribution in [0.3, 0.4) is 0 Å². The molecule has 0 bridgehead atoms. The molecule has 0 spiro atoms. The average Bonchev–Trinajstić information content (AvgIpc) is 2.89. The van der Waals surface area contributed by atoms with Crippen molar-refractivity contribution in [1.82, 2.24) is 9.29 Å². The summed E-state index contributed by atoms with van der Waals surface area (Å²) in [7, 11) is -2.13. The first-order chi connectivity index (χ1) is 9.99. The Hall–Kier alpha value is -2.03. The first-order valence-electron chi connectivity index (χ1n) is 6.77. The molecule has 21 heavy (non-hydrogen) atoms. The SMILES string of the molecule is C=S(C)(=O)N1CC=C(c2c[nH]c3ccc(C#N)cc23)CC1. The van der Waals surface area contributed by atoms with Crippen LogP contribution in [0, 0.1) is 11.3 Å². The minimum absolute atomic E-state index is 0.652. The van der Waals surface area contributed by atoms with Gasteiger partial charge in [-0.15, -0.1) is 0 Å². The van der Waals surface area contributed by atoms with E-state index < -0.39 is 9.71 Å². The highest BCUT2D eigenvalue weighted by molar-refractivity contribution is 7.97. The van der Waals surface area contributed by atoms with Crippen LogP contribution < -0.4 is 0 Å². The molecule has 0 saturated carbocycles. The molecule has 3 rings (SSSR count). The molecular formula is C16H17N3OS. The number of aromatic nitrogens is 1. The quantitative estimate of drug-likeness (QED) is 0.866. The van der Waals surface area contributed by atoms with Crippen LogP contribution in [-0.4, -0.2) is 38.7 Å². The van der Waals surface area contributed by atoms with Gasteiger partial charge < -0.3 is 4.98 Å². The van der Waals surface area contributed by atoms with Crippen LogP contribution in [0.4, 0.5) is 0 Å². The molecule has 2 aromatic rings. The number of hydrogen-bond donors (Lipinski definition) is 1. The van der Waals surface area contributed by atoms with E-state index in [9.17, 15) is 4.21 Å². The normalized spacial score (nSPS) is 19.0. The van der Waals surface area contributed by atoms with Crippen molar-refractivity contribution in [1.29, 1.82) is 5.26 Å². The van der Waals surface area contributed by atoms with Crippen LogP contribution in [0.15, 0.2) is 30.5 Å². The Morgan fingerprint density at radius 3 is 2.90 bits per heavy atom. The third-order valence-corrected chi connectivity index (χ3v) is 5.30. The zero-order chi connectivity index (χ0) is 15.0. The van der Waals surface area contributed by atoms with Gasteiger partial charge in [-0.25, -0.2) is 4.31 Å². The molecule has 4 nitrogen and oxygen atoms in total. The first-order valence-corrected chi connectivity index (χ1v) is 8.86. The summed E-state index contributed by atoms with van der Waals surface area (Å²) < 4.78 is 13.9. The van der Waals surface area contributed by atoms with Crippen LogP contribution in [-0.2, 0) is 9.71 Å². The van der Waals surface area contributed by atoms with E-state index in [0.29, 0.717) is 12.1 Å². The van der Waals surface area contributed by atoms with E-state index in [0.717, 1.165) is 29.4 Å². The molecule has 5 heteroatoms. The van der Waals surface area contributed by atoms with E-state index in [-0.39, 0.29) is 0 Å². The Morgan fingerprint density at radius 1 is 1.48 bits per heavy atom. The third-order valence-electron chi connectivity index (χ3n) is 3.87. The van der Waals surface area contributed by atoms with Crippen molar-refractivity contribution < 1.29 is 4.21 Å². The van der Waals surface area contributed by atoms with Gasteiger partial charge >= 0.3 is 0 Å². The summed E-state index contributed by atoms with van der Waals surface area (Å²) in [5.74, 6) is 3.74. The van der Waals surface area contributed by atoms with Gasteiger partial charge in [0.25, 0.3) is 0 Å². The van der Waals surface area contributed by atoms with E-state index in [1.54, 1.807) is 6.26 Å². The summed E-state index contributed by atoms with van der Waals surface area (Å²) in [5, 5.41) is 10.1. The molecule has 0 radical (unpaired) electrons. The molecule has 1 atom stereocenters. The van der Waals surface area contributed by atoms with Crippen molar-refractivity contribution in [3.05, 3.63) is 41.6 Å². The Balaban J connectivity index is 1.99. The average molecular weight is 299 g/mol. The lowest BCUT2D eigenvalue weighted by Crippen LogP contribution is -2.33. The van der Waals surface area contributed by atoms with Gasteiger partial charge in [0.1, 0.15) is 0 Å². The fourth-order valence-corrected chi connectivity index (χ4v) is 3.57. The summed E-state index contributed by atoms with van der Waals surface area (Å²) in [6.07, 6.45) is 6.61. The van der Waals surface area contributed by atoms with Gasteiger partial charge in [0, 0.05) is 51.7 Å². The minimum atomic E-state index is -2.13. The second kappa shape index (κ2) is 5.06. The van der Waals surface area contributed by atoms with Gasteiger partial charge in [0.2, 0.25) is 0 Å². The van der Waals surface area contributed by atoms with Crippen molar-refractivity contribution in [2.24, 2.45) is 0 Å². The molecule has 1 N–H and O–H groups in total. The molecule has 1 aliphatic heterocycles. The number of hydrogen-bond acceptors (Lipinski definition) is 2. The van der Waals surface area contributed by atoms with Crippen molar-refractivity contribution in [2.45, 2.75) is 6.42 Å². The van der Waals surface area contributed by atoms with Gasteiger partial charge in [0.15, 0.2) is 0 Å². The molecule has 0 amide bonds. The predicted molar refractivity (Wildman–Crippen MR) is 88.4 cm³/mol. The van der Waals surface area contributed by atoms with E-state index in [1.807, 2.05) is 28.7 Å². The fourth-order valence-electron chi connectivity index (χ4n) is 2.70. The fraction of sp³-hybridized carbons (Fsp3) is 0.250. The number of nitriles is 1. The van der Waals surface area contributed by atoms with Crippen LogP contribution in [0.2, 0.25) is 0 Å². The van der Waals surface area contributed by atoms with Crippen molar-refractivity contribution in [3.8, 4) is 6.07 Å². The monoisotopic (exact) mass is 299 g/mol. The maximum Gasteiger partial charge on any atom is 0.0991 e. The summed E-state index contributed by atoms with van der Waals surface area (Å²) in [6, 6.07) is 7.84. The standard InChI is InChI=1S/C16H17N3OS/c1-21(2,20)19-7-5-13(6-8-19)15-11-18-16-4-3-12(10-17)9-14(15)16/h3-5,9,11,18H,1,6-8H2,2H3. The van der Waals surface area contributed by atoms with Gasteiger partial charge in [-0.2, -0.15) is 5.26 Å². The van der Waals surface area contributed by atoms with E-state index >= 15 is 0 Å². The van der Waals surface area contributed by atoms with Crippen LogP contribution in [0.1, 0.15) is 17.5 Å². The van der Waals surface area contributed by atoms with Crippen LogP contribution >= 0.6 is 0 Å². The molecule has 108 valence electrons. The highest BCUT2D eigenvalue weighted by atomic mass is 32.2. The molecule has 0 aliphatic carbocycles.